The fraction of sp³-hybridized carbons (Fsp3) is 0.214. The topological polar surface area (TPSA) is 96.9 Å². The largest absolute Gasteiger partial charge is 0.507 e. The van der Waals surface area contributed by atoms with Crippen LogP contribution in [0.5, 0.6) is 23.0 Å². The molecule has 0 saturated carbocycles. The zero-order valence-electron chi connectivity index (χ0n) is 20.3. The van der Waals surface area contributed by atoms with Gasteiger partial charge in [0, 0.05) is 17.7 Å². The molecule has 2 N–H and O–H groups in total. The summed E-state index contributed by atoms with van der Waals surface area (Å²) in [6.45, 7) is 0.479. The zero-order chi connectivity index (χ0) is 25.2. The normalized spacial score (nSPS) is 14.6. The third-order valence-corrected chi connectivity index (χ3v) is 6.51. The van der Waals surface area contributed by atoms with E-state index >= 15 is 0 Å². The number of hydrogen-bond acceptors (Lipinski definition) is 6. The van der Waals surface area contributed by atoms with Crippen molar-refractivity contribution in [1.29, 1.82) is 0 Å². The van der Waals surface area contributed by atoms with Crippen molar-refractivity contribution < 1.29 is 24.1 Å². The second kappa shape index (κ2) is 9.65. The molecule has 1 aliphatic rings. The third-order valence-electron chi connectivity index (χ3n) is 6.51. The van der Waals surface area contributed by atoms with Crippen LogP contribution in [0.15, 0.2) is 66.7 Å². The van der Waals surface area contributed by atoms with Crippen LogP contribution < -0.4 is 14.2 Å². The van der Waals surface area contributed by atoms with E-state index in [1.807, 2.05) is 53.4 Å². The summed E-state index contributed by atoms with van der Waals surface area (Å²) in [5, 5.41) is 18.0. The minimum Gasteiger partial charge on any atom is -0.507 e. The summed E-state index contributed by atoms with van der Waals surface area (Å²) >= 11 is 0. The van der Waals surface area contributed by atoms with Gasteiger partial charge in [-0.2, -0.15) is 5.10 Å². The van der Waals surface area contributed by atoms with Gasteiger partial charge in [0.25, 0.3) is 5.91 Å². The molecule has 5 rings (SSSR count). The summed E-state index contributed by atoms with van der Waals surface area (Å²) in [5.41, 5.74) is 4.08. The van der Waals surface area contributed by atoms with Crippen LogP contribution in [0.25, 0.3) is 11.3 Å². The Bertz CT molecular complexity index is 1370. The van der Waals surface area contributed by atoms with Crippen molar-refractivity contribution in [1.82, 2.24) is 15.1 Å². The van der Waals surface area contributed by atoms with Gasteiger partial charge in [0.15, 0.2) is 11.5 Å². The summed E-state index contributed by atoms with van der Waals surface area (Å²) in [5.74, 6) is 1.38. The van der Waals surface area contributed by atoms with Gasteiger partial charge in [-0.1, -0.05) is 42.5 Å². The van der Waals surface area contributed by atoms with Crippen LogP contribution in [-0.4, -0.2) is 54.0 Å². The predicted molar refractivity (Wildman–Crippen MR) is 135 cm³/mol. The number of benzene rings is 3. The maximum absolute atomic E-state index is 13.7. The van der Waals surface area contributed by atoms with Gasteiger partial charge < -0.3 is 24.2 Å². The van der Waals surface area contributed by atoms with Crippen molar-refractivity contribution >= 4 is 5.91 Å². The maximum Gasteiger partial charge on any atom is 0.273 e. The van der Waals surface area contributed by atoms with Gasteiger partial charge in [0.2, 0.25) is 5.75 Å². The number of para-hydroxylation sites is 1. The van der Waals surface area contributed by atoms with E-state index in [9.17, 15) is 9.90 Å². The maximum atomic E-state index is 13.7. The van der Waals surface area contributed by atoms with Gasteiger partial charge >= 0.3 is 0 Å². The number of nitrogens with one attached hydrogen (secondary N) is 1. The molecule has 8 heteroatoms. The number of fused-ring (bicyclic) bond motifs is 1. The Labute approximate surface area is 209 Å². The van der Waals surface area contributed by atoms with E-state index < -0.39 is 6.04 Å². The Balaban J connectivity index is 1.66. The molecule has 1 aliphatic heterocycles. The molecule has 0 aliphatic carbocycles. The lowest BCUT2D eigenvalue weighted by Crippen LogP contribution is -2.31. The minimum absolute atomic E-state index is 0.0885. The quantitative estimate of drug-likeness (QED) is 0.379. The van der Waals surface area contributed by atoms with E-state index in [1.54, 1.807) is 39.5 Å². The second-order valence-electron chi connectivity index (χ2n) is 8.47. The molecule has 3 aromatic carbocycles. The Morgan fingerprint density at radius 3 is 2.25 bits per heavy atom. The molecule has 8 nitrogen and oxygen atoms in total. The first-order valence-corrected chi connectivity index (χ1v) is 11.6. The van der Waals surface area contributed by atoms with Gasteiger partial charge in [-0.3, -0.25) is 9.89 Å². The molecule has 36 heavy (non-hydrogen) atoms. The van der Waals surface area contributed by atoms with Gasteiger partial charge in [-0.25, -0.2) is 0 Å². The van der Waals surface area contributed by atoms with Crippen molar-refractivity contribution in [3.8, 4) is 34.3 Å². The van der Waals surface area contributed by atoms with E-state index in [-0.39, 0.29) is 11.7 Å². The average Bonchev–Trinajstić information content (AvgIpc) is 3.46. The molecule has 2 heterocycles. The van der Waals surface area contributed by atoms with Crippen molar-refractivity contribution in [2.24, 2.45) is 0 Å². The van der Waals surface area contributed by atoms with Gasteiger partial charge in [-0.15, -0.1) is 0 Å². The van der Waals surface area contributed by atoms with E-state index in [1.165, 1.54) is 0 Å². The summed E-state index contributed by atoms with van der Waals surface area (Å²) in [4.78, 5) is 15.5. The van der Waals surface area contributed by atoms with Crippen molar-refractivity contribution in [2.45, 2.75) is 12.5 Å². The molecule has 1 aromatic heterocycles. The van der Waals surface area contributed by atoms with Crippen molar-refractivity contribution in [3.05, 3.63) is 89.1 Å². The number of nitrogens with zero attached hydrogens (tertiary/aromatic N) is 2. The number of amides is 1. The third kappa shape index (κ3) is 3.90. The molecule has 0 saturated heterocycles. The Morgan fingerprint density at radius 1 is 0.944 bits per heavy atom. The lowest BCUT2D eigenvalue weighted by Gasteiger charge is -2.27. The molecule has 0 unspecified atom stereocenters. The number of ether oxygens (including phenoxy) is 3. The number of carbonyl (C=O) groups is 1. The highest BCUT2D eigenvalue weighted by Gasteiger charge is 2.43. The molecule has 184 valence electrons. The molecular weight excluding hydrogens is 458 g/mol. The van der Waals surface area contributed by atoms with Crippen molar-refractivity contribution in [3.63, 3.8) is 0 Å². The first kappa shape index (κ1) is 23.3. The van der Waals surface area contributed by atoms with Crippen LogP contribution in [0, 0.1) is 0 Å². The lowest BCUT2D eigenvalue weighted by molar-refractivity contribution is 0.0745. The number of phenolic OH excluding ortho intramolecular Hbond substituents is 1. The molecule has 1 atom stereocenters. The van der Waals surface area contributed by atoms with Gasteiger partial charge in [0.1, 0.15) is 17.1 Å². The smallest absolute Gasteiger partial charge is 0.273 e. The second-order valence-corrected chi connectivity index (χ2v) is 8.47. The highest BCUT2D eigenvalue weighted by atomic mass is 16.5. The van der Waals surface area contributed by atoms with Crippen LogP contribution in [-0.2, 0) is 6.42 Å². The number of hydrogen-bond donors (Lipinski definition) is 2. The number of aromatic amines is 1. The summed E-state index contributed by atoms with van der Waals surface area (Å²) in [6, 6.07) is 20.2. The molecule has 0 spiro atoms. The Morgan fingerprint density at radius 2 is 1.61 bits per heavy atom. The van der Waals surface area contributed by atoms with Crippen LogP contribution >= 0.6 is 0 Å². The van der Waals surface area contributed by atoms with Crippen molar-refractivity contribution in [2.75, 3.05) is 27.9 Å². The van der Waals surface area contributed by atoms with E-state index in [2.05, 4.69) is 10.2 Å². The fourth-order valence-electron chi connectivity index (χ4n) is 4.81. The summed E-state index contributed by atoms with van der Waals surface area (Å²) in [6.07, 6.45) is 0.678. The SMILES string of the molecule is COc1cc([C@H]2c3c(-c4ccccc4O)n[nH]c3C(=O)N2CCc2ccccc2)cc(OC)c1OC. The van der Waals surface area contributed by atoms with Crippen LogP contribution in [0.3, 0.4) is 0 Å². The molecular formula is C28H27N3O5. The highest BCUT2D eigenvalue weighted by Crippen LogP contribution is 2.48. The molecule has 4 aromatic rings. The number of phenols is 1. The number of aromatic hydroxyl groups is 1. The molecule has 0 fully saturated rings. The summed E-state index contributed by atoms with van der Waals surface area (Å²) in [7, 11) is 4.67. The molecule has 0 radical (unpaired) electrons. The Hall–Kier alpha value is -4.46. The minimum atomic E-state index is -0.488. The predicted octanol–water partition coefficient (Wildman–Crippen LogP) is 4.60. The zero-order valence-corrected chi connectivity index (χ0v) is 20.3. The lowest BCUT2D eigenvalue weighted by atomic mass is 9.95. The number of rotatable bonds is 8. The number of carbonyl (C=O) groups excluding carboxylic acids is 1. The van der Waals surface area contributed by atoms with Gasteiger partial charge in [-0.05, 0) is 41.8 Å². The van der Waals surface area contributed by atoms with E-state index in [4.69, 9.17) is 14.2 Å². The monoisotopic (exact) mass is 485 g/mol. The first-order valence-electron chi connectivity index (χ1n) is 11.6. The van der Waals surface area contributed by atoms with Crippen LogP contribution in [0.2, 0.25) is 0 Å². The number of methoxy groups -OCH3 is 3. The summed E-state index contributed by atoms with van der Waals surface area (Å²) < 4.78 is 16.7. The number of H-pyrrole nitrogens is 1. The first-order chi connectivity index (χ1) is 17.6. The highest BCUT2D eigenvalue weighted by molar-refractivity contribution is 6.00. The van der Waals surface area contributed by atoms with E-state index in [0.717, 1.165) is 11.1 Å². The fourth-order valence-corrected chi connectivity index (χ4v) is 4.81. The van der Waals surface area contributed by atoms with Crippen LogP contribution in [0.4, 0.5) is 0 Å². The van der Waals surface area contributed by atoms with E-state index in [0.29, 0.717) is 52.7 Å². The molecule has 1 amide bonds. The standard InChI is InChI=1S/C28H27N3O5/c1-34-21-15-18(16-22(35-2)27(21)36-3)26-23-24(19-11-7-8-12-20(19)32)29-30-25(23)28(33)31(26)14-13-17-9-5-4-6-10-17/h4-12,15-16,26,32H,13-14H2,1-3H3,(H,29,30)/t26-/m0/s1. The Kier molecular flexibility index (Phi) is 6.25. The van der Waals surface area contributed by atoms with Crippen LogP contribution in [0.1, 0.15) is 33.2 Å². The molecule has 0 bridgehead atoms. The number of aromatic nitrogens is 2. The van der Waals surface area contributed by atoms with Gasteiger partial charge in [0.05, 0.1) is 27.4 Å². The average molecular weight is 486 g/mol.